The molecule has 0 aliphatic heterocycles. The highest BCUT2D eigenvalue weighted by molar-refractivity contribution is 6.63. The van der Waals surface area contributed by atoms with Gasteiger partial charge in [0.1, 0.15) is 0 Å². The van der Waals surface area contributed by atoms with Gasteiger partial charge in [-0.15, -0.1) is 0 Å². The molecule has 0 aromatic carbocycles. The van der Waals surface area contributed by atoms with Crippen LogP contribution in [0.2, 0.25) is 0 Å². The molecule has 1 unspecified atom stereocenters. The number of halogens is 1. The molecule has 11 heavy (non-hydrogen) atoms. The van der Waals surface area contributed by atoms with Crippen molar-refractivity contribution in [2.24, 2.45) is 5.92 Å². The van der Waals surface area contributed by atoms with Crippen molar-refractivity contribution in [1.29, 1.82) is 0 Å². The van der Waals surface area contributed by atoms with Crippen LogP contribution in [0.25, 0.3) is 0 Å². The summed E-state index contributed by atoms with van der Waals surface area (Å²) in [5.41, 5.74) is 1.05. The quantitative estimate of drug-likeness (QED) is 0.583. The smallest absolute Gasteiger partial charge is 0.226 e. The summed E-state index contributed by atoms with van der Waals surface area (Å²) in [6, 6.07) is 0. The molecule has 0 bridgehead atoms. The lowest BCUT2D eigenvalue weighted by molar-refractivity contribution is -0.111. The van der Waals surface area contributed by atoms with E-state index in [1.807, 2.05) is 6.08 Å². The first-order valence-corrected chi connectivity index (χ1v) is 4.12. The molecule has 0 saturated heterocycles. The summed E-state index contributed by atoms with van der Waals surface area (Å²) >= 11 is 5.25. The van der Waals surface area contributed by atoms with E-state index in [4.69, 9.17) is 11.6 Å². The van der Waals surface area contributed by atoms with Gasteiger partial charge in [0.2, 0.25) is 5.24 Å². The van der Waals surface area contributed by atoms with Crippen molar-refractivity contribution in [2.75, 3.05) is 0 Å². The van der Waals surface area contributed by atoms with Gasteiger partial charge in [0, 0.05) is 6.42 Å². The monoisotopic (exact) mass is 170 g/mol. The van der Waals surface area contributed by atoms with Crippen molar-refractivity contribution in [3.8, 4) is 0 Å². The Morgan fingerprint density at radius 1 is 1.82 bits per heavy atom. The first kappa shape index (κ1) is 8.54. The zero-order chi connectivity index (χ0) is 8.27. The first-order valence-electron chi connectivity index (χ1n) is 3.74. The topological polar surface area (TPSA) is 17.1 Å². The van der Waals surface area contributed by atoms with Gasteiger partial charge in [0.15, 0.2) is 0 Å². The lowest BCUT2D eigenvalue weighted by atomic mass is 9.97. The second-order valence-corrected chi connectivity index (χ2v) is 3.31. The summed E-state index contributed by atoms with van der Waals surface area (Å²) in [7, 11) is 0. The average Bonchev–Trinajstić information content (AvgIpc) is 1.85. The van der Waals surface area contributed by atoms with Crippen LogP contribution in [-0.4, -0.2) is 5.24 Å². The SMILES string of the molecule is CC1C=C(CC(=O)Cl)C=CC1. The molecule has 0 N–H and O–H groups in total. The van der Waals surface area contributed by atoms with Crippen molar-refractivity contribution in [3.05, 3.63) is 23.8 Å². The predicted octanol–water partition coefficient (Wildman–Crippen LogP) is 2.66. The largest absolute Gasteiger partial charge is 0.281 e. The van der Waals surface area contributed by atoms with E-state index in [1.54, 1.807) is 0 Å². The van der Waals surface area contributed by atoms with Crippen LogP contribution in [0.5, 0.6) is 0 Å². The van der Waals surface area contributed by atoms with Gasteiger partial charge in [-0.05, 0) is 29.5 Å². The molecule has 0 fully saturated rings. The van der Waals surface area contributed by atoms with E-state index in [1.165, 1.54) is 0 Å². The van der Waals surface area contributed by atoms with Crippen LogP contribution in [-0.2, 0) is 4.79 Å². The van der Waals surface area contributed by atoms with Crippen LogP contribution in [0.4, 0.5) is 0 Å². The molecule has 0 heterocycles. The number of carbonyl (C=O) groups excluding carboxylic acids is 1. The van der Waals surface area contributed by atoms with Crippen molar-refractivity contribution in [3.63, 3.8) is 0 Å². The van der Waals surface area contributed by atoms with Crippen LogP contribution < -0.4 is 0 Å². The number of carbonyl (C=O) groups is 1. The molecule has 0 aromatic heterocycles. The molecule has 0 aromatic rings. The van der Waals surface area contributed by atoms with E-state index in [9.17, 15) is 4.79 Å². The Labute approximate surface area is 71.7 Å². The van der Waals surface area contributed by atoms with E-state index in [0.29, 0.717) is 12.3 Å². The van der Waals surface area contributed by atoms with Gasteiger partial charge < -0.3 is 0 Å². The summed E-state index contributed by atoms with van der Waals surface area (Å²) in [4.78, 5) is 10.5. The van der Waals surface area contributed by atoms with E-state index >= 15 is 0 Å². The Balaban J connectivity index is 2.57. The normalized spacial score (nSPS) is 23.1. The molecule has 2 heteroatoms. The molecule has 1 aliphatic carbocycles. The fraction of sp³-hybridized carbons (Fsp3) is 0.444. The van der Waals surface area contributed by atoms with Gasteiger partial charge in [-0.3, -0.25) is 4.79 Å². The molecule has 0 radical (unpaired) electrons. The van der Waals surface area contributed by atoms with Gasteiger partial charge in [-0.2, -0.15) is 0 Å². The summed E-state index contributed by atoms with van der Waals surface area (Å²) < 4.78 is 0. The maximum atomic E-state index is 10.5. The summed E-state index contributed by atoms with van der Waals surface area (Å²) in [6.07, 6.45) is 7.59. The molecular formula is C9H11ClO. The molecule has 1 rings (SSSR count). The first-order chi connectivity index (χ1) is 5.18. The van der Waals surface area contributed by atoms with Crippen LogP contribution in [0.15, 0.2) is 23.8 Å². The second kappa shape index (κ2) is 3.72. The molecule has 0 saturated carbocycles. The Morgan fingerprint density at radius 2 is 2.55 bits per heavy atom. The highest BCUT2D eigenvalue weighted by Crippen LogP contribution is 2.18. The Hall–Kier alpha value is -0.560. The average molecular weight is 171 g/mol. The minimum absolute atomic E-state index is 0.282. The minimum atomic E-state index is -0.282. The summed E-state index contributed by atoms with van der Waals surface area (Å²) in [5, 5.41) is -0.282. The molecule has 0 spiro atoms. The van der Waals surface area contributed by atoms with Crippen LogP contribution >= 0.6 is 11.6 Å². The standard InChI is InChI=1S/C9H11ClO/c1-7-3-2-4-8(5-7)6-9(10)11/h2,4-5,7H,3,6H2,1H3. The Bertz CT molecular complexity index is 216. The van der Waals surface area contributed by atoms with Crippen molar-refractivity contribution in [2.45, 2.75) is 19.8 Å². The predicted molar refractivity (Wildman–Crippen MR) is 46.5 cm³/mol. The van der Waals surface area contributed by atoms with Crippen molar-refractivity contribution in [1.82, 2.24) is 0 Å². The van der Waals surface area contributed by atoms with E-state index in [-0.39, 0.29) is 5.24 Å². The Morgan fingerprint density at radius 3 is 3.09 bits per heavy atom. The van der Waals surface area contributed by atoms with Gasteiger partial charge in [0.25, 0.3) is 0 Å². The number of hydrogen-bond donors (Lipinski definition) is 0. The van der Waals surface area contributed by atoms with Crippen LogP contribution in [0.1, 0.15) is 19.8 Å². The third-order valence-electron chi connectivity index (χ3n) is 1.68. The molecule has 1 aliphatic rings. The molecule has 0 amide bonds. The third-order valence-corrected chi connectivity index (χ3v) is 1.82. The number of hydrogen-bond acceptors (Lipinski definition) is 1. The molecule has 60 valence electrons. The molecule has 1 atom stereocenters. The number of rotatable bonds is 2. The maximum Gasteiger partial charge on any atom is 0.226 e. The van der Waals surface area contributed by atoms with E-state index in [2.05, 4.69) is 19.1 Å². The maximum absolute atomic E-state index is 10.5. The minimum Gasteiger partial charge on any atom is -0.281 e. The fourth-order valence-corrected chi connectivity index (χ4v) is 1.36. The summed E-state index contributed by atoms with van der Waals surface area (Å²) in [5.74, 6) is 0.547. The van der Waals surface area contributed by atoms with Gasteiger partial charge in [0.05, 0.1) is 0 Å². The van der Waals surface area contributed by atoms with Crippen LogP contribution in [0.3, 0.4) is 0 Å². The zero-order valence-electron chi connectivity index (χ0n) is 6.51. The van der Waals surface area contributed by atoms with Crippen molar-refractivity contribution < 1.29 is 4.79 Å². The zero-order valence-corrected chi connectivity index (χ0v) is 7.27. The third kappa shape index (κ3) is 2.89. The highest BCUT2D eigenvalue weighted by Gasteiger charge is 2.06. The van der Waals surface area contributed by atoms with E-state index < -0.39 is 0 Å². The lowest BCUT2D eigenvalue weighted by Crippen LogP contribution is -1.97. The van der Waals surface area contributed by atoms with Crippen LogP contribution in [0, 0.1) is 5.92 Å². The Kier molecular flexibility index (Phi) is 2.89. The molecular weight excluding hydrogens is 160 g/mol. The van der Waals surface area contributed by atoms with Gasteiger partial charge in [-0.25, -0.2) is 0 Å². The van der Waals surface area contributed by atoms with Gasteiger partial charge in [-0.1, -0.05) is 25.2 Å². The number of allylic oxidation sites excluding steroid dienone is 4. The summed E-state index contributed by atoms with van der Waals surface area (Å²) in [6.45, 7) is 2.13. The van der Waals surface area contributed by atoms with E-state index in [0.717, 1.165) is 12.0 Å². The second-order valence-electron chi connectivity index (χ2n) is 2.89. The van der Waals surface area contributed by atoms with Gasteiger partial charge >= 0.3 is 0 Å². The lowest BCUT2D eigenvalue weighted by Gasteiger charge is -2.09. The van der Waals surface area contributed by atoms with Crippen molar-refractivity contribution >= 4 is 16.8 Å². The fourth-order valence-electron chi connectivity index (χ4n) is 1.20. The highest BCUT2D eigenvalue weighted by atomic mass is 35.5. The molecule has 1 nitrogen and oxygen atoms in total.